The van der Waals surface area contributed by atoms with Crippen molar-refractivity contribution in [3.63, 3.8) is 0 Å². The molecule has 1 unspecified atom stereocenters. The number of carbonyl (C=O) groups excluding carboxylic acids is 3. The van der Waals surface area contributed by atoms with Gasteiger partial charge in [-0.15, -0.1) is 0 Å². The molecule has 1 saturated heterocycles. The van der Waals surface area contributed by atoms with Crippen molar-refractivity contribution in [1.82, 2.24) is 25.5 Å². The van der Waals surface area contributed by atoms with Crippen LogP contribution in [0.4, 0.5) is 23.1 Å². The van der Waals surface area contributed by atoms with Crippen LogP contribution in [-0.2, 0) is 32.4 Å². The quantitative estimate of drug-likeness (QED) is 0.0544. The number of para-hydroxylation sites is 1. The summed E-state index contributed by atoms with van der Waals surface area (Å²) >= 11 is 6.43. The minimum Gasteiger partial charge on any atom is -0.495 e. The van der Waals surface area contributed by atoms with Crippen molar-refractivity contribution in [1.29, 1.82) is 0 Å². The number of ether oxygens (including phenoxy) is 1. The van der Waals surface area contributed by atoms with E-state index in [9.17, 15) is 22.8 Å². The fourth-order valence-corrected chi connectivity index (χ4v) is 8.29. The highest BCUT2D eigenvalue weighted by atomic mass is 35.5. The van der Waals surface area contributed by atoms with Crippen molar-refractivity contribution < 1.29 is 27.5 Å². The Hall–Kier alpha value is -5.49. The molecule has 1 fully saturated rings. The summed E-state index contributed by atoms with van der Waals surface area (Å²) in [5.74, 6) is 6.73. The van der Waals surface area contributed by atoms with Crippen LogP contribution in [0.3, 0.4) is 0 Å². The van der Waals surface area contributed by atoms with Gasteiger partial charge in [0.25, 0.3) is 5.91 Å². The Bertz CT molecular complexity index is 2380. The summed E-state index contributed by atoms with van der Waals surface area (Å²) in [5, 5.41) is 11.8. The van der Waals surface area contributed by atoms with Gasteiger partial charge < -0.3 is 25.6 Å². The van der Waals surface area contributed by atoms with Crippen molar-refractivity contribution in [2.24, 2.45) is 0 Å². The monoisotopic (exact) mass is 825 g/mol. The second kappa shape index (κ2) is 18.8. The van der Waals surface area contributed by atoms with Crippen molar-refractivity contribution in [3.8, 4) is 17.6 Å². The molecule has 3 aromatic carbocycles. The molecule has 2 aliphatic rings. The number of hydrogen-bond donors (Lipinski definition) is 4. The normalized spacial score (nSPS) is 15.2. The largest absolute Gasteiger partial charge is 0.495 e. The van der Waals surface area contributed by atoms with Crippen LogP contribution in [0.25, 0.3) is 0 Å². The molecule has 4 aromatic rings. The predicted octanol–water partition coefficient (Wildman–Crippen LogP) is 6.62. The van der Waals surface area contributed by atoms with Gasteiger partial charge in [0.2, 0.25) is 17.8 Å². The second-order valence-electron chi connectivity index (χ2n) is 14.6. The molecule has 6 rings (SSSR count). The first kappa shape index (κ1) is 42.1. The summed E-state index contributed by atoms with van der Waals surface area (Å²) in [7, 11) is -1.96. The highest BCUT2D eigenvalue weighted by Gasteiger charge is 2.39. The van der Waals surface area contributed by atoms with Crippen LogP contribution in [0, 0.1) is 18.8 Å². The van der Waals surface area contributed by atoms with Crippen molar-refractivity contribution in [2.45, 2.75) is 88.4 Å². The van der Waals surface area contributed by atoms with Gasteiger partial charge in [0.1, 0.15) is 16.8 Å². The lowest BCUT2D eigenvalue weighted by atomic mass is 10.0. The lowest BCUT2D eigenvalue weighted by Gasteiger charge is -2.29. The smallest absolute Gasteiger partial charge is 0.255 e. The fourth-order valence-electron chi connectivity index (χ4n) is 6.95. The van der Waals surface area contributed by atoms with E-state index in [0.717, 1.165) is 67.4 Å². The first-order chi connectivity index (χ1) is 27.9. The maximum atomic E-state index is 13.1. The zero-order valence-corrected chi connectivity index (χ0v) is 34.6. The molecule has 1 aromatic heterocycles. The van der Waals surface area contributed by atoms with Crippen molar-refractivity contribution in [2.75, 3.05) is 30.8 Å². The molecule has 0 spiro atoms. The third kappa shape index (κ3) is 9.78. The SMILES string of the molecule is COc1cc(CCNCCCCCC#Cc2cccc3c2CN(C2CCC(=O)NC2=O)C3=O)c(C)cc1Nc1ncc(Cl)c(Nc2ccccc2S(=O)(=O)C(C)C)n1. The lowest BCUT2D eigenvalue weighted by Crippen LogP contribution is -2.52. The predicted molar refractivity (Wildman–Crippen MR) is 225 cm³/mol. The average molecular weight is 826 g/mol. The van der Waals surface area contributed by atoms with Crippen LogP contribution in [-0.4, -0.2) is 72.5 Å². The molecular formula is C43H48ClN7O6S. The molecule has 2 aliphatic heterocycles. The Morgan fingerprint density at radius 3 is 2.60 bits per heavy atom. The van der Waals surface area contributed by atoms with Crippen LogP contribution >= 0.6 is 11.6 Å². The van der Waals surface area contributed by atoms with Gasteiger partial charge in [0.15, 0.2) is 15.7 Å². The highest BCUT2D eigenvalue weighted by Crippen LogP contribution is 2.34. The molecule has 0 bridgehead atoms. The molecule has 0 saturated carbocycles. The van der Waals surface area contributed by atoms with E-state index in [4.69, 9.17) is 16.3 Å². The number of fused-ring (bicyclic) bond motifs is 1. The molecular weight excluding hydrogens is 778 g/mol. The maximum absolute atomic E-state index is 13.1. The standard InChI is InChI=1S/C43H48ClN7O6S/c1-27(2)58(55,56)38-17-10-9-16-34(38)47-40-33(44)25-46-43(50-40)48-35-23-28(3)30(24-37(35)57-4)20-22-45-21-11-7-5-6-8-13-29-14-12-15-31-32(29)26-51(42(31)54)36-18-19-39(52)49-41(36)53/h9-10,12,14-17,23-25,27,36,45H,5-7,11,18-22,26H2,1-4H3,(H,49,52,53)(H2,46,47,48,50). The molecule has 0 aliphatic carbocycles. The number of imide groups is 1. The van der Waals surface area contributed by atoms with Gasteiger partial charge in [-0.1, -0.05) is 48.1 Å². The molecule has 4 N–H and O–H groups in total. The van der Waals surface area contributed by atoms with E-state index in [1.54, 1.807) is 56.2 Å². The van der Waals surface area contributed by atoms with Gasteiger partial charge in [-0.3, -0.25) is 19.7 Å². The zero-order valence-electron chi connectivity index (χ0n) is 33.1. The Morgan fingerprint density at radius 1 is 1.02 bits per heavy atom. The Kier molecular flexibility index (Phi) is 13.7. The van der Waals surface area contributed by atoms with Crippen molar-refractivity contribution >= 4 is 62.3 Å². The van der Waals surface area contributed by atoms with Gasteiger partial charge in [0, 0.05) is 30.5 Å². The third-order valence-electron chi connectivity index (χ3n) is 10.2. The number of aryl methyl sites for hydroxylation is 1. The molecule has 58 heavy (non-hydrogen) atoms. The summed E-state index contributed by atoms with van der Waals surface area (Å²) in [5.41, 5.74) is 5.47. The number of anilines is 4. The first-order valence-electron chi connectivity index (χ1n) is 19.4. The lowest BCUT2D eigenvalue weighted by molar-refractivity contribution is -0.136. The van der Waals surface area contributed by atoms with E-state index in [-0.39, 0.29) is 39.9 Å². The molecule has 15 heteroatoms. The number of benzene rings is 3. The summed E-state index contributed by atoms with van der Waals surface area (Å²) in [4.78, 5) is 47.7. The van der Waals surface area contributed by atoms with E-state index in [1.807, 2.05) is 31.2 Å². The number of rotatable bonds is 16. The van der Waals surface area contributed by atoms with Gasteiger partial charge in [-0.2, -0.15) is 4.98 Å². The van der Waals surface area contributed by atoms with E-state index < -0.39 is 27.0 Å². The molecule has 1 atom stereocenters. The minimum atomic E-state index is -3.56. The number of nitrogens with one attached hydrogen (secondary N) is 4. The Morgan fingerprint density at radius 2 is 1.83 bits per heavy atom. The van der Waals surface area contributed by atoms with E-state index >= 15 is 0 Å². The Balaban J connectivity index is 0.955. The molecule has 0 radical (unpaired) electrons. The van der Waals surface area contributed by atoms with E-state index in [2.05, 4.69) is 43.1 Å². The summed E-state index contributed by atoms with van der Waals surface area (Å²) in [6, 6.07) is 15.5. The van der Waals surface area contributed by atoms with Crippen LogP contribution in [0.1, 0.15) is 85.0 Å². The number of unbranched alkanes of at least 4 members (excludes halogenated alkanes) is 3. The number of halogens is 1. The number of hydrogen-bond acceptors (Lipinski definition) is 11. The van der Waals surface area contributed by atoms with Gasteiger partial charge in [0.05, 0.1) is 34.8 Å². The number of nitrogens with zero attached hydrogens (tertiary/aromatic N) is 3. The van der Waals surface area contributed by atoms with Gasteiger partial charge in [-0.25, -0.2) is 13.4 Å². The summed E-state index contributed by atoms with van der Waals surface area (Å²) in [6.45, 7) is 7.31. The highest BCUT2D eigenvalue weighted by molar-refractivity contribution is 7.92. The maximum Gasteiger partial charge on any atom is 0.255 e. The second-order valence-corrected chi connectivity index (χ2v) is 17.4. The minimum absolute atomic E-state index is 0.162. The van der Waals surface area contributed by atoms with Crippen LogP contribution in [0.15, 0.2) is 65.7 Å². The fraction of sp³-hybridized carbons (Fsp3) is 0.372. The topological polar surface area (TPSA) is 172 Å². The summed E-state index contributed by atoms with van der Waals surface area (Å²) in [6.07, 6.45) is 6.55. The molecule has 3 heterocycles. The molecule has 13 nitrogen and oxygen atoms in total. The van der Waals surface area contributed by atoms with Gasteiger partial charge >= 0.3 is 0 Å². The number of methoxy groups -OCH3 is 1. The average Bonchev–Trinajstić information content (AvgIpc) is 3.53. The van der Waals surface area contributed by atoms with Crippen LogP contribution in [0.2, 0.25) is 5.02 Å². The van der Waals surface area contributed by atoms with E-state index in [0.29, 0.717) is 35.7 Å². The van der Waals surface area contributed by atoms with Crippen LogP contribution in [0.5, 0.6) is 5.75 Å². The number of aromatic nitrogens is 2. The van der Waals surface area contributed by atoms with Crippen LogP contribution < -0.4 is 26.0 Å². The number of amides is 3. The number of piperidine rings is 1. The van der Waals surface area contributed by atoms with Crippen molar-refractivity contribution in [3.05, 3.63) is 93.6 Å². The van der Waals surface area contributed by atoms with Gasteiger partial charge in [-0.05, 0) is 113 Å². The zero-order chi connectivity index (χ0) is 41.4. The molecule has 3 amide bonds. The first-order valence-corrected chi connectivity index (χ1v) is 21.3. The number of sulfone groups is 1. The third-order valence-corrected chi connectivity index (χ3v) is 12.7. The van der Waals surface area contributed by atoms with E-state index in [1.165, 1.54) is 6.20 Å². The molecule has 304 valence electrons. The summed E-state index contributed by atoms with van der Waals surface area (Å²) < 4.78 is 31.7. The number of carbonyl (C=O) groups is 3. The Labute approximate surface area is 344 Å².